The zero-order chi connectivity index (χ0) is 78.4. The molecule has 3 heterocycles. The van der Waals surface area contributed by atoms with Crippen molar-refractivity contribution in [1.29, 1.82) is 0 Å². The smallest absolute Gasteiger partial charge is 0.340 e. The van der Waals surface area contributed by atoms with E-state index in [4.69, 9.17) is 71.1 Å². The van der Waals surface area contributed by atoms with Crippen molar-refractivity contribution in [3.8, 4) is 0 Å². The molecule has 13 rings (SSSR count). The fraction of sp³-hybridized carbons (Fsp3) is 0.216. The average molecular weight is 1530 g/mol. The van der Waals surface area contributed by atoms with Crippen molar-refractivity contribution in [2.24, 2.45) is 0 Å². The maximum atomic E-state index is 15.2. The minimum Gasteiger partial charge on any atom is -0.459 e. The predicted molar refractivity (Wildman–Crippen MR) is 397 cm³/mol. The SMILES string of the molecule is O=C(OC[C@H]1O[C@H](OC[C@H]2O[C@H](OC(=O)c3ccccc3)[C@@H](OC(=O)c3ccccc3)[C@@H](OC(=O)c3ccccc3)[C@@H]2OC(=O)c2ccccc2)[C@@H](O[C@H]2O[C@H](COCc3ccccc3)[C@@H](OC(=O)c3ccccc3)[C@H](OC(=O)c3ccccc3)[C@@H]2O)[C@@H](OC(=O)c2ccccc2)[C@@H]1OC(=O)c1ccccc1)c1ccccc1. The zero-order valence-electron chi connectivity index (χ0n) is 60.1. The van der Waals surface area contributed by atoms with Gasteiger partial charge in [0.2, 0.25) is 12.4 Å². The van der Waals surface area contributed by atoms with E-state index in [0.29, 0.717) is 5.56 Å². The third-order valence-corrected chi connectivity index (χ3v) is 18.3. The van der Waals surface area contributed by atoms with Crippen molar-refractivity contribution in [2.75, 3.05) is 19.8 Å². The summed E-state index contributed by atoms with van der Waals surface area (Å²) in [6.45, 7) is -2.42. The number of esters is 9. The highest BCUT2D eigenvalue weighted by Gasteiger charge is 2.59. The van der Waals surface area contributed by atoms with E-state index in [-0.39, 0.29) is 56.7 Å². The Morgan fingerprint density at radius 3 is 0.867 bits per heavy atom. The lowest BCUT2D eigenvalue weighted by molar-refractivity contribution is -0.370. The molecule has 0 radical (unpaired) electrons. The van der Waals surface area contributed by atoms with Crippen LogP contribution < -0.4 is 0 Å². The lowest BCUT2D eigenvalue weighted by Gasteiger charge is -2.49. The van der Waals surface area contributed by atoms with Crippen LogP contribution in [0.5, 0.6) is 0 Å². The minimum absolute atomic E-state index is 0.00899. The molecule has 0 unspecified atom stereocenters. The lowest BCUT2D eigenvalue weighted by Crippen LogP contribution is -2.67. The Labute approximate surface area is 647 Å². The molecule has 25 nitrogen and oxygen atoms in total. The molecule has 0 saturated carbocycles. The fourth-order valence-electron chi connectivity index (χ4n) is 12.6. The third-order valence-electron chi connectivity index (χ3n) is 18.3. The molecule has 3 aliphatic heterocycles. The summed E-state index contributed by atoms with van der Waals surface area (Å²) < 4.78 is 97.4. The Kier molecular flexibility index (Phi) is 26.5. The van der Waals surface area contributed by atoms with Crippen LogP contribution in [0.2, 0.25) is 0 Å². The van der Waals surface area contributed by atoms with Crippen LogP contribution in [0.4, 0.5) is 0 Å². The van der Waals surface area contributed by atoms with E-state index in [1.165, 1.54) is 121 Å². The first-order chi connectivity index (χ1) is 55.2. The summed E-state index contributed by atoms with van der Waals surface area (Å²) in [5.41, 5.74) is 0.511. The molecule has 113 heavy (non-hydrogen) atoms. The van der Waals surface area contributed by atoms with Crippen molar-refractivity contribution in [2.45, 2.75) is 98.7 Å². The van der Waals surface area contributed by atoms with Crippen LogP contribution in [0.25, 0.3) is 0 Å². The fourth-order valence-corrected chi connectivity index (χ4v) is 12.6. The van der Waals surface area contributed by atoms with E-state index in [1.54, 1.807) is 182 Å². The third kappa shape index (κ3) is 20.2. The van der Waals surface area contributed by atoms with Crippen molar-refractivity contribution in [3.05, 3.63) is 359 Å². The van der Waals surface area contributed by atoms with Crippen LogP contribution in [0.15, 0.2) is 303 Å². The number of carbonyl (C=O) groups excluding carboxylic acids is 9. The first-order valence-corrected chi connectivity index (χ1v) is 36.0. The largest absolute Gasteiger partial charge is 0.459 e. The first kappa shape index (κ1) is 78.3. The van der Waals surface area contributed by atoms with Crippen LogP contribution >= 0.6 is 0 Å². The maximum absolute atomic E-state index is 15.2. The van der Waals surface area contributed by atoms with Crippen molar-refractivity contribution < 1.29 is 119 Å². The second kappa shape index (κ2) is 38.2. The molecule has 3 fully saturated rings. The van der Waals surface area contributed by atoms with E-state index in [9.17, 15) is 43.5 Å². The Morgan fingerprint density at radius 1 is 0.248 bits per heavy atom. The summed E-state index contributed by atoms with van der Waals surface area (Å²) >= 11 is 0. The summed E-state index contributed by atoms with van der Waals surface area (Å²) in [6.07, 6.45) is -30.0. The summed E-state index contributed by atoms with van der Waals surface area (Å²) in [5, 5.41) is 13.2. The molecule has 0 aromatic heterocycles. The number of benzene rings is 10. The molecule has 10 aromatic carbocycles. The van der Waals surface area contributed by atoms with Gasteiger partial charge in [-0.15, -0.1) is 0 Å². The van der Waals surface area contributed by atoms with Crippen molar-refractivity contribution >= 4 is 53.7 Å². The molecule has 25 heteroatoms. The van der Waals surface area contributed by atoms with Gasteiger partial charge in [0, 0.05) is 0 Å². The number of carbonyl (C=O) groups is 9. The highest BCUT2D eigenvalue weighted by Crippen LogP contribution is 2.39. The van der Waals surface area contributed by atoms with E-state index < -0.39 is 166 Å². The van der Waals surface area contributed by atoms with Crippen LogP contribution in [0.1, 0.15) is 98.8 Å². The van der Waals surface area contributed by atoms with Gasteiger partial charge >= 0.3 is 53.7 Å². The van der Waals surface area contributed by atoms with Crippen molar-refractivity contribution in [3.63, 3.8) is 0 Å². The monoisotopic (exact) mass is 1530 g/mol. The topological polar surface area (TPSA) is 312 Å². The molecular weight excluding hydrogens is 1460 g/mol. The molecule has 3 saturated heterocycles. The highest BCUT2D eigenvalue weighted by molar-refractivity contribution is 5.94. The van der Waals surface area contributed by atoms with E-state index in [0.717, 1.165) is 0 Å². The second-order valence-corrected chi connectivity index (χ2v) is 25.9. The number of aliphatic hydroxyl groups excluding tert-OH is 1. The Morgan fingerprint density at radius 2 is 0.504 bits per heavy atom. The van der Waals surface area contributed by atoms with Crippen molar-refractivity contribution in [1.82, 2.24) is 0 Å². The molecule has 0 aliphatic carbocycles. The van der Waals surface area contributed by atoms with Crippen LogP contribution in [0, 0.1) is 0 Å². The normalized spacial score (nSPS) is 23.1. The number of hydrogen-bond donors (Lipinski definition) is 1. The van der Waals surface area contributed by atoms with Crippen LogP contribution in [0.3, 0.4) is 0 Å². The van der Waals surface area contributed by atoms with Crippen LogP contribution in [-0.4, -0.2) is 171 Å². The van der Waals surface area contributed by atoms with Gasteiger partial charge in [0.25, 0.3) is 0 Å². The van der Waals surface area contributed by atoms with E-state index >= 15 is 4.79 Å². The van der Waals surface area contributed by atoms with Gasteiger partial charge in [0.05, 0.1) is 69.9 Å². The van der Waals surface area contributed by atoms with Gasteiger partial charge in [-0.1, -0.05) is 194 Å². The molecule has 0 spiro atoms. The molecule has 0 bridgehead atoms. The van der Waals surface area contributed by atoms with Gasteiger partial charge in [0.1, 0.15) is 31.0 Å². The van der Waals surface area contributed by atoms with Gasteiger partial charge in [-0.25, -0.2) is 43.2 Å². The number of rotatable bonds is 28. The molecule has 10 aromatic rings. The molecular formula is C88H74O25. The molecule has 1 N–H and O–H groups in total. The molecule has 15 atom stereocenters. The summed E-state index contributed by atoms with van der Waals surface area (Å²) in [5.74, 6) is -9.27. The standard InChI is InChI=1S/C88H74O25/c89-68-72(108-81(94)60-41-21-6-22-42-60)69(105-78(91)57-35-15-3-16-36-57)65(52-99-51-55-31-11-1-12-32-55)102-86(68)112-75-73(109-82(95)61-43-23-7-24-44-61)70(106-79(92)58-37-17-4-18-38-58)66(53-100-77(90)56-33-13-2-14-34-56)103-87(75)101-54-67-71(107-80(93)59-39-19-5-20-40-59)74(110-83(96)62-45-25-8-26-46-62)76(111-84(97)63-47-27-9-28-48-63)88(104-67)113-85(98)64-49-29-10-30-50-64/h1-50,65-76,86-89H,51-54H2/t65-,66-,67-,68+,69-,70-,71-,72-,73+,74+,75+,76+,86-,87+,88-/m1/s1. The Hall–Kier alpha value is -12.9. The maximum Gasteiger partial charge on any atom is 0.340 e. The van der Waals surface area contributed by atoms with Gasteiger partial charge in [-0.2, -0.15) is 0 Å². The summed E-state index contributed by atoms with van der Waals surface area (Å²) in [4.78, 5) is 132. The van der Waals surface area contributed by atoms with E-state index in [2.05, 4.69) is 0 Å². The molecule has 3 aliphatic rings. The van der Waals surface area contributed by atoms with Gasteiger partial charge < -0.3 is 76.2 Å². The quantitative estimate of drug-likeness (QED) is 0.0352. The Bertz CT molecular complexity index is 4810. The first-order valence-electron chi connectivity index (χ1n) is 36.0. The van der Waals surface area contributed by atoms with Gasteiger partial charge in [-0.3, -0.25) is 0 Å². The van der Waals surface area contributed by atoms with Crippen LogP contribution in [-0.2, 0) is 77.7 Å². The van der Waals surface area contributed by atoms with Gasteiger partial charge in [0.15, 0.2) is 55.3 Å². The summed E-state index contributed by atoms with van der Waals surface area (Å²) in [7, 11) is 0. The highest BCUT2D eigenvalue weighted by atomic mass is 16.8. The zero-order valence-corrected chi connectivity index (χ0v) is 60.1. The second-order valence-electron chi connectivity index (χ2n) is 25.9. The molecule has 0 amide bonds. The minimum atomic E-state index is -2.26. The average Bonchev–Trinajstić information content (AvgIpc) is 0.766. The van der Waals surface area contributed by atoms with Gasteiger partial charge in [-0.05, 0) is 115 Å². The number of ether oxygens (including phenoxy) is 15. The summed E-state index contributed by atoms with van der Waals surface area (Å²) in [6, 6.07) is 77.6. The predicted octanol–water partition coefficient (Wildman–Crippen LogP) is 11.4. The Balaban J connectivity index is 0.964. The number of hydrogen-bond acceptors (Lipinski definition) is 25. The van der Waals surface area contributed by atoms with E-state index in [1.807, 2.05) is 0 Å². The molecule has 576 valence electrons. The lowest BCUT2D eigenvalue weighted by atomic mass is 9.95. The number of aliphatic hydroxyl groups is 1.